The molecule has 1 radical (unpaired) electrons. The standard InChI is InChI=1S/C11H22NO/c1-10(2)11-4-7-12(8-5-11)6-3-9-13/h10-11H,3-9H2,1-2H3. The normalized spacial score (nSPS) is 21.2. The van der Waals surface area contributed by atoms with Gasteiger partial charge in [-0.3, -0.25) is 0 Å². The first kappa shape index (κ1) is 11.0. The number of likely N-dealkylation sites (tertiary alicyclic amines) is 1. The van der Waals surface area contributed by atoms with Crippen molar-refractivity contribution in [3.8, 4) is 0 Å². The van der Waals surface area contributed by atoms with Crippen molar-refractivity contribution in [1.29, 1.82) is 0 Å². The van der Waals surface area contributed by atoms with Gasteiger partial charge in [-0.2, -0.15) is 0 Å². The van der Waals surface area contributed by atoms with Gasteiger partial charge < -0.3 is 4.90 Å². The van der Waals surface area contributed by atoms with Crippen LogP contribution in [0.15, 0.2) is 0 Å². The van der Waals surface area contributed by atoms with Crippen molar-refractivity contribution in [2.75, 3.05) is 26.2 Å². The van der Waals surface area contributed by atoms with E-state index in [2.05, 4.69) is 18.7 Å². The number of hydrogen-bond donors (Lipinski definition) is 0. The third kappa shape index (κ3) is 3.65. The van der Waals surface area contributed by atoms with E-state index in [4.69, 9.17) is 0 Å². The molecule has 2 heteroatoms. The van der Waals surface area contributed by atoms with Crippen LogP contribution in [0.25, 0.3) is 0 Å². The molecule has 2 nitrogen and oxygen atoms in total. The Morgan fingerprint density at radius 2 is 1.92 bits per heavy atom. The van der Waals surface area contributed by atoms with Gasteiger partial charge in [0, 0.05) is 6.54 Å². The summed E-state index contributed by atoms with van der Waals surface area (Å²) in [6.07, 6.45) is 3.49. The minimum absolute atomic E-state index is 0.0874. The number of hydrogen-bond acceptors (Lipinski definition) is 1. The molecule has 0 aliphatic carbocycles. The first-order chi connectivity index (χ1) is 6.24. The largest absolute Gasteiger partial charge is 0.303 e. The first-order valence-corrected chi connectivity index (χ1v) is 5.54. The monoisotopic (exact) mass is 184 g/mol. The molecule has 1 rings (SSSR count). The zero-order valence-corrected chi connectivity index (χ0v) is 8.96. The lowest BCUT2D eigenvalue weighted by Gasteiger charge is -2.33. The molecule has 0 spiro atoms. The van der Waals surface area contributed by atoms with Crippen LogP contribution in [0.3, 0.4) is 0 Å². The van der Waals surface area contributed by atoms with E-state index in [1.165, 1.54) is 25.9 Å². The van der Waals surface area contributed by atoms with Crippen LogP contribution < -0.4 is 0 Å². The molecule has 0 unspecified atom stereocenters. The number of rotatable bonds is 4. The second-order valence-corrected chi connectivity index (χ2v) is 4.48. The van der Waals surface area contributed by atoms with Gasteiger partial charge in [0.2, 0.25) is 0 Å². The fourth-order valence-electron chi connectivity index (χ4n) is 2.13. The van der Waals surface area contributed by atoms with Gasteiger partial charge in [-0.15, -0.1) is 0 Å². The Morgan fingerprint density at radius 3 is 2.38 bits per heavy atom. The maximum atomic E-state index is 10.3. The summed E-state index contributed by atoms with van der Waals surface area (Å²) in [6, 6.07) is 0. The molecule has 1 aliphatic heterocycles. The van der Waals surface area contributed by atoms with E-state index in [9.17, 15) is 5.11 Å². The Hall–Kier alpha value is -0.0800. The van der Waals surface area contributed by atoms with Gasteiger partial charge in [0.05, 0.1) is 6.61 Å². The maximum absolute atomic E-state index is 10.3. The molecule has 77 valence electrons. The molecule has 0 saturated carbocycles. The van der Waals surface area contributed by atoms with Crippen LogP contribution >= 0.6 is 0 Å². The van der Waals surface area contributed by atoms with Crippen molar-refractivity contribution in [1.82, 2.24) is 4.90 Å². The van der Waals surface area contributed by atoms with E-state index in [-0.39, 0.29) is 6.61 Å². The number of nitrogens with zero attached hydrogens (tertiary/aromatic N) is 1. The maximum Gasteiger partial charge on any atom is 0.0834 e. The summed E-state index contributed by atoms with van der Waals surface area (Å²) >= 11 is 0. The average Bonchev–Trinajstić information content (AvgIpc) is 2.15. The Balaban J connectivity index is 2.15. The van der Waals surface area contributed by atoms with Crippen molar-refractivity contribution >= 4 is 0 Å². The van der Waals surface area contributed by atoms with Gasteiger partial charge in [-0.25, -0.2) is 5.11 Å². The summed E-state index contributed by atoms with van der Waals surface area (Å²) < 4.78 is 0. The van der Waals surface area contributed by atoms with Crippen LogP contribution in [0.2, 0.25) is 0 Å². The zero-order chi connectivity index (χ0) is 9.68. The molecule has 13 heavy (non-hydrogen) atoms. The molecular weight excluding hydrogens is 162 g/mol. The molecule has 0 aromatic rings. The van der Waals surface area contributed by atoms with Crippen LogP contribution in [0.4, 0.5) is 0 Å². The highest BCUT2D eigenvalue weighted by atomic mass is 16.3. The predicted molar refractivity (Wildman–Crippen MR) is 54.2 cm³/mol. The second-order valence-electron chi connectivity index (χ2n) is 4.48. The lowest BCUT2D eigenvalue weighted by Crippen LogP contribution is -2.36. The molecule has 0 amide bonds. The molecule has 0 N–H and O–H groups in total. The molecule has 0 atom stereocenters. The Labute approximate surface area is 81.9 Å². The SMILES string of the molecule is CC(C)C1CCN(CCC[O])CC1. The summed E-state index contributed by atoms with van der Waals surface area (Å²) in [7, 11) is 0. The minimum atomic E-state index is 0.0874. The van der Waals surface area contributed by atoms with Gasteiger partial charge in [-0.05, 0) is 44.2 Å². The molecule has 1 fully saturated rings. The van der Waals surface area contributed by atoms with E-state index >= 15 is 0 Å². The predicted octanol–water partition coefficient (Wildman–Crippen LogP) is 2.17. The van der Waals surface area contributed by atoms with Gasteiger partial charge in [-0.1, -0.05) is 13.8 Å². The smallest absolute Gasteiger partial charge is 0.0834 e. The molecule has 0 aromatic carbocycles. The van der Waals surface area contributed by atoms with Crippen molar-refractivity contribution in [3.05, 3.63) is 0 Å². The van der Waals surface area contributed by atoms with Crippen molar-refractivity contribution in [2.45, 2.75) is 33.1 Å². The van der Waals surface area contributed by atoms with E-state index in [0.29, 0.717) is 0 Å². The Kier molecular flexibility index (Phi) is 4.74. The van der Waals surface area contributed by atoms with Crippen LogP contribution in [0, 0.1) is 11.8 Å². The summed E-state index contributed by atoms with van der Waals surface area (Å²) in [5.74, 6) is 1.75. The van der Waals surface area contributed by atoms with Crippen molar-refractivity contribution in [2.24, 2.45) is 11.8 Å². The van der Waals surface area contributed by atoms with Crippen LogP contribution in [0.1, 0.15) is 33.1 Å². The van der Waals surface area contributed by atoms with E-state index < -0.39 is 0 Å². The van der Waals surface area contributed by atoms with E-state index in [0.717, 1.165) is 24.8 Å². The summed E-state index contributed by atoms with van der Waals surface area (Å²) in [5.41, 5.74) is 0. The minimum Gasteiger partial charge on any atom is -0.303 e. The Bertz CT molecular complexity index is 128. The summed E-state index contributed by atoms with van der Waals surface area (Å²) in [6.45, 7) is 8.17. The van der Waals surface area contributed by atoms with E-state index in [1.54, 1.807) is 0 Å². The number of piperidine rings is 1. The topological polar surface area (TPSA) is 23.1 Å². The average molecular weight is 184 g/mol. The molecule has 1 heterocycles. The highest BCUT2D eigenvalue weighted by Gasteiger charge is 2.20. The highest BCUT2D eigenvalue weighted by Crippen LogP contribution is 2.24. The molecule has 1 saturated heterocycles. The summed E-state index contributed by atoms with van der Waals surface area (Å²) in [5, 5.41) is 10.3. The third-order valence-corrected chi connectivity index (χ3v) is 3.19. The Morgan fingerprint density at radius 1 is 1.31 bits per heavy atom. The van der Waals surface area contributed by atoms with Crippen LogP contribution in [0.5, 0.6) is 0 Å². The van der Waals surface area contributed by atoms with Gasteiger partial charge in [0.15, 0.2) is 0 Å². The van der Waals surface area contributed by atoms with Crippen molar-refractivity contribution in [3.63, 3.8) is 0 Å². The third-order valence-electron chi connectivity index (χ3n) is 3.19. The van der Waals surface area contributed by atoms with Gasteiger partial charge in [0.1, 0.15) is 0 Å². The van der Waals surface area contributed by atoms with Crippen molar-refractivity contribution < 1.29 is 5.11 Å². The van der Waals surface area contributed by atoms with Crippen LogP contribution in [-0.2, 0) is 5.11 Å². The first-order valence-electron chi connectivity index (χ1n) is 5.54. The van der Waals surface area contributed by atoms with Gasteiger partial charge >= 0.3 is 0 Å². The second kappa shape index (κ2) is 5.61. The summed E-state index contributed by atoms with van der Waals surface area (Å²) in [4.78, 5) is 2.44. The lowest BCUT2D eigenvalue weighted by molar-refractivity contribution is 0.130. The molecule has 1 aliphatic rings. The van der Waals surface area contributed by atoms with Gasteiger partial charge in [0.25, 0.3) is 0 Å². The zero-order valence-electron chi connectivity index (χ0n) is 8.96. The fourth-order valence-corrected chi connectivity index (χ4v) is 2.13. The fraction of sp³-hybridized carbons (Fsp3) is 1.00. The molecular formula is C11H22NO. The highest BCUT2D eigenvalue weighted by molar-refractivity contribution is 4.73. The quantitative estimate of drug-likeness (QED) is 0.656. The molecule has 0 bridgehead atoms. The molecule has 0 aromatic heterocycles. The van der Waals surface area contributed by atoms with Crippen LogP contribution in [-0.4, -0.2) is 31.1 Å². The lowest BCUT2D eigenvalue weighted by atomic mass is 9.87. The van der Waals surface area contributed by atoms with E-state index in [1.807, 2.05) is 0 Å².